The lowest BCUT2D eigenvalue weighted by Gasteiger charge is -2.12. The summed E-state index contributed by atoms with van der Waals surface area (Å²) < 4.78 is 2.94. The van der Waals surface area contributed by atoms with Gasteiger partial charge >= 0.3 is 0 Å². The van der Waals surface area contributed by atoms with Crippen LogP contribution in [0.2, 0.25) is 0 Å². The molecule has 0 bridgehead atoms. The summed E-state index contributed by atoms with van der Waals surface area (Å²) in [7, 11) is 0. The Kier molecular flexibility index (Phi) is 4.52. The van der Waals surface area contributed by atoms with Crippen molar-refractivity contribution in [2.45, 2.75) is 33.2 Å². The molecule has 0 unspecified atom stereocenters. The second kappa shape index (κ2) is 6.14. The van der Waals surface area contributed by atoms with Crippen LogP contribution in [0.15, 0.2) is 23.2 Å². The molecule has 0 radical (unpaired) electrons. The number of nitrogens with zero attached hydrogens (tertiary/aromatic N) is 4. The van der Waals surface area contributed by atoms with Gasteiger partial charge in [0.15, 0.2) is 5.82 Å². The number of nitrogens with one attached hydrogen (secondary N) is 1. The fraction of sp³-hybridized carbons (Fsp3) is 0.462. The van der Waals surface area contributed by atoms with Crippen molar-refractivity contribution in [2.24, 2.45) is 0 Å². The molecular formula is C13H18BrN5. The van der Waals surface area contributed by atoms with E-state index in [1.165, 1.54) is 0 Å². The van der Waals surface area contributed by atoms with Crippen molar-refractivity contribution in [3.63, 3.8) is 0 Å². The third-order valence-corrected chi connectivity index (χ3v) is 3.32. The van der Waals surface area contributed by atoms with Gasteiger partial charge < -0.3 is 9.88 Å². The summed E-state index contributed by atoms with van der Waals surface area (Å²) in [6.07, 6.45) is 6.44. The Morgan fingerprint density at radius 1 is 1.37 bits per heavy atom. The molecule has 0 saturated heterocycles. The average molecular weight is 324 g/mol. The van der Waals surface area contributed by atoms with Gasteiger partial charge in [0, 0.05) is 18.8 Å². The van der Waals surface area contributed by atoms with Crippen LogP contribution in [-0.4, -0.2) is 26.1 Å². The van der Waals surface area contributed by atoms with Gasteiger partial charge in [-0.2, -0.15) is 0 Å². The van der Waals surface area contributed by atoms with Crippen LogP contribution in [0, 0.1) is 0 Å². The van der Waals surface area contributed by atoms with Gasteiger partial charge in [0.2, 0.25) is 0 Å². The van der Waals surface area contributed by atoms with E-state index in [1.54, 1.807) is 12.4 Å². The van der Waals surface area contributed by atoms with Crippen molar-refractivity contribution in [1.82, 2.24) is 19.5 Å². The molecule has 2 aromatic rings. The van der Waals surface area contributed by atoms with Gasteiger partial charge in [-0.1, -0.05) is 6.92 Å². The maximum atomic E-state index is 4.57. The lowest BCUT2D eigenvalue weighted by Crippen LogP contribution is -2.07. The number of imidazole rings is 1. The van der Waals surface area contributed by atoms with Crippen LogP contribution in [0.25, 0.3) is 11.5 Å². The first-order valence-electron chi connectivity index (χ1n) is 6.42. The second-order valence-corrected chi connectivity index (χ2v) is 5.45. The van der Waals surface area contributed by atoms with Gasteiger partial charge in [-0.3, -0.25) is 0 Å². The fourth-order valence-electron chi connectivity index (χ4n) is 1.75. The van der Waals surface area contributed by atoms with Gasteiger partial charge in [-0.25, -0.2) is 15.0 Å². The molecule has 1 N–H and O–H groups in total. The predicted octanol–water partition coefficient (Wildman–Crippen LogP) is 3.51. The third kappa shape index (κ3) is 3.12. The SMILES string of the molecule is CCCNc1nc(-c2cncn2C(C)C)ncc1Br. The summed E-state index contributed by atoms with van der Waals surface area (Å²) >= 11 is 3.46. The van der Waals surface area contributed by atoms with Crippen LogP contribution in [0.1, 0.15) is 33.2 Å². The van der Waals surface area contributed by atoms with E-state index in [2.05, 4.69) is 61.5 Å². The summed E-state index contributed by atoms with van der Waals surface area (Å²) in [5, 5.41) is 3.29. The normalized spacial score (nSPS) is 11.0. The van der Waals surface area contributed by atoms with Crippen molar-refractivity contribution < 1.29 is 0 Å². The van der Waals surface area contributed by atoms with Gasteiger partial charge in [0.1, 0.15) is 11.5 Å². The minimum absolute atomic E-state index is 0.330. The number of rotatable bonds is 5. The highest BCUT2D eigenvalue weighted by molar-refractivity contribution is 9.10. The molecule has 0 amide bonds. The van der Waals surface area contributed by atoms with Crippen LogP contribution in [0.3, 0.4) is 0 Å². The predicted molar refractivity (Wildman–Crippen MR) is 80.1 cm³/mol. The molecule has 0 atom stereocenters. The van der Waals surface area contributed by atoms with Crippen molar-refractivity contribution in [3.05, 3.63) is 23.2 Å². The number of hydrogen-bond donors (Lipinski definition) is 1. The van der Waals surface area contributed by atoms with E-state index < -0.39 is 0 Å². The monoisotopic (exact) mass is 323 g/mol. The highest BCUT2D eigenvalue weighted by Gasteiger charge is 2.12. The van der Waals surface area contributed by atoms with Gasteiger partial charge in [-0.05, 0) is 36.2 Å². The van der Waals surface area contributed by atoms with Crippen LogP contribution >= 0.6 is 15.9 Å². The van der Waals surface area contributed by atoms with E-state index >= 15 is 0 Å². The zero-order valence-corrected chi connectivity index (χ0v) is 13.0. The summed E-state index contributed by atoms with van der Waals surface area (Å²) in [5.74, 6) is 1.51. The molecule has 2 heterocycles. The standard InChI is InChI=1S/C13H18BrN5/c1-4-5-16-12-10(14)6-17-13(18-12)11-7-15-8-19(11)9(2)3/h6-9H,4-5H2,1-3H3,(H,16,17,18). The third-order valence-electron chi connectivity index (χ3n) is 2.74. The number of anilines is 1. The largest absolute Gasteiger partial charge is 0.369 e. The first-order chi connectivity index (χ1) is 9.13. The molecule has 0 aromatic carbocycles. The summed E-state index contributed by atoms with van der Waals surface area (Å²) in [6.45, 7) is 7.23. The Hall–Kier alpha value is -1.43. The van der Waals surface area contributed by atoms with Crippen molar-refractivity contribution >= 4 is 21.7 Å². The van der Waals surface area contributed by atoms with Crippen LogP contribution in [-0.2, 0) is 0 Å². The lowest BCUT2D eigenvalue weighted by molar-refractivity contribution is 0.603. The molecule has 102 valence electrons. The summed E-state index contributed by atoms with van der Waals surface area (Å²) in [4.78, 5) is 13.1. The topological polar surface area (TPSA) is 55.6 Å². The molecule has 6 heteroatoms. The van der Waals surface area contributed by atoms with Crippen molar-refractivity contribution in [3.8, 4) is 11.5 Å². The highest BCUT2D eigenvalue weighted by Crippen LogP contribution is 2.24. The van der Waals surface area contributed by atoms with E-state index in [1.807, 2.05) is 6.33 Å². The van der Waals surface area contributed by atoms with E-state index in [0.29, 0.717) is 11.9 Å². The molecule has 19 heavy (non-hydrogen) atoms. The van der Waals surface area contributed by atoms with Crippen LogP contribution < -0.4 is 5.32 Å². The number of hydrogen-bond acceptors (Lipinski definition) is 4. The van der Waals surface area contributed by atoms with Gasteiger partial charge in [-0.15, -0.1) is 0 Å². The quantitative estimate of drug-likeness (QED) is 0.914. The molecule has 2 rings (SSSR count). The average Bonchev–Trinajstić information content (AvgIpc) is 2.87. The van der Waals surface area contributed by atoms with E-state index in [0.717, 1.165) is 29.0 Å². The fourth-order valence-corrected chi connectivity index (χ4v) is 2.08. The molecular weight excluding hydrogens is 306 g/mol. The molecule has 0 spiro atoms. The van der Waals surface area contributed by atoms with Crippen molar-refractivity contribution in [2.75, 3.05) is 11.9 Å². The zero-order valence-electron chi connectivity index (χ0n) is 11.4. The van der Waals surface area contributed by atoms with Gasteiger partial charge in [0.05, 0.1) is 17.0 Å². The smallest absolute Gasteiger partial charge is 0.179 e. The molecule has 5 nitrogen and oxygen atoms in total. The minimum Gasteiger partial charge on any atom is -0.369 e. The second-order valence-electron chi connectivity index (χ2n) is 4.60. The Morgan fingerprint density at radius 2 is 2.16 bits per heavy atom. The lowest BCUT2D eigenvalue weighted by atomic mass is 10.3. The maximum Gasteiger partial charge on any atom is 0.179 e. The van der Waals surface area contributed by atoms with Crippen LogP contribution in [0.5, 0.6) is 0 Å². The molecule has 0 aliphatic carbocycles. The summed E-state index contributed by atoms with van der Waals surface area (Å²) in [5.41, 5.74) is 0.932. The molecule has 0 saturated carbocycles. The maximum absolute atomic E-state index is 4.57. The van der Waals surface area contributed by atoms with Gasteiger partial charge in [0.25, 0.3) is 0 Å². The van der Waals surface area contributed by atoms with Crippen LogP contribution in [0.4, 0.5) is 5.82 Å². The Morgan fingerprint density at radius 3 is 2.84 bits per heavy atom. The van der Waals surface area contributed by atoms with E-state index in [-0.39, 0.29) is 0 Å². The summed E-state index contributed by atoms with van der Waals surface area (Å²) in [6, 6.07) is 0.330. The van der Waals surface area contributed by atoms with E-state index in [4.69, 9.17) is 0 Å². The molecule has 0 aliphatic heterocycles. The Labute approximate surface area is 121 Å². The number of halogens is 1. The Balaban J connectivity index is 2.37. The van der Waals surface area contributed by atoms with Crippen molar-refractivity contribution in [1.29, 1.82) is 0 Å². The molecule has 2 aromatic heterocycles. The minimum atomic E-state index is 0.330. The highest BCUT2D eigenvalue weighted by atomic mass is 79.9. The molecule has 0 aliphatic rings. The Bertz CT molecular complexity index is 550. The molecule has 0 fully saturated rings. The first-order valence-corrected chi connectivity index (χ1v) is 7.21. The number of aromatic nitrogens is 4. The first kappa shape index (κ1) is 14.0. The zero-order chi connectivity index (χ0) is 13.8. The van der Waals surface area contributed by atoms with E-state index in [9.17, 15) is 0 Å².